The molecule has 2 N–H and O–H groups in total. The third-order valence-corrected chi connectivity index (χ3v) is 6.94. The Morgan fingerprint density at radius 1 is 1.21 bits per heavy atom. The first kappa shape index (κ1) is 22.8. The fourth-order valence-corrected chi connectivity index (χ4v) is 5.25. The maximum atomic E-state index is 5.60. The molecule has 7 nitrogen and oxygen atoms in total. The van der Waals surface area contributed by atoms with Crippen molar-refractivity contribution in [2.45, 2.75) is 71.8 Å². The van der Waals surface area contributed by atoms with E-state index < -0.39 is 0 Å². The van der Waals surface area contributed by atoms with Crippen LogP contribution in [0.15, 0.2) is 30.9 Å². The minimum atomic E-state index is 0.306. The van der Waals surface area contributed by atoms with E-state index in [1.165, 1.54) is 29.5 Å². The fourth-order valence-electron chi connectivity index (χ4n) is 5.25. The first-order valence-corrected chi connectivity index (χ1v) is 12.4. The summed E-state index contributed by atoms with van der Waals surface area (Å²) in [5.74, 6) is 1.56. The molecule has 0 aromatic carbocycles. The molecule has 4 aromatic heterocycles. The second-order valence-electron chi connectivity index (χ2n) is 11.2. The molecular formula is C27H36N6O. The molecule has 34 heavy (non-hydrogen) atoms. The summed E-state index contributed by atoms with van der Waals surface area (Å²) >= 11 is 0. The Morgan fingerprint density at radius 3 is 2.76 bits per heavy atom. The molecule has 0 bridgehead atoms. The highest BCUT2D eigenvalue weighted by molar-refractivity contribution is 5.91. The van der Waals surface area contributed by atoms with Crippen molar-refractivity contribution in [3.63, 3.8) is 0 Å². The summed E-state index contributed by atoms with van der Waals surface area (Å²) in [6.45, 7) is 12.4. The molecular weight excluding hydrogens is 424 g/mol. The van der Waals surface area contributed by atoms with Gasteiger partial charge < -0.3 is 15.0 Å². The summed E-state index contributed by atoms with van der Waals surface area (Å²) < 4.78 is 7.38. The molecule has 0 radical (unpaired) electrons. The number of nitrogens with one attached hydrogen (secondary N) is 2. The van der Waals surface area contributed by atoms with E-state index in [-0.39, 0.29) is 0 Å². The molecule has 1 aliphatic rings. The molecule has 0 spiro atoms. The van der Waals surface area contributed by atoms with E-state index in [0.717, 1.165) is 29.7 Å². The average molecular weight is 461 g/mol. The minimum absolute atomic E-state index is 0.306. The van der Waals surface area contributed by atoms with Crippen LogP contribution in [0.4, 0.5) is 0 Å². The summed E-state index contributed by atoms with van der Waals surface area (Å²) in [5.41, 5.74) is 6.74. The molecule has 4 heterocycles. The Bertz CT molecular complexity index is 1310. The molecule has 1 saturated carbocycles. The van der Waals surface area contributed by atoms with Crippen LogP contribution in [-0.4, -0.2) is 44.3 Å². The molecule has 0 saturated heterocycles. The highest BCUT2D eigenvalue weighted by atomic mass is 16.5. The smallest absolute Gasteiger partial charge is 0.197 e. The van der Waals surface area contributed by atoms with Gasteiger partial charge in [0.1, 0.15) is 6.33 Å². The zero-order valence-electron chi connectivity index (χ0n) is 21.1. The quantitative estimate of drug-likeness (QED) is 0.387. The van der Waals surface area contributed by atoms with Gasteiger partial charge in [-0.15, -0.1) is 0 Å². The Labute approximate surface area is 201 Å². The number of rotatable bonds is 6. The second-order valence-corrected chi connectivity index (χ2v) is 11.2. The number of methoxy groups -OCH3 is 1. The third-order valence-electron chi connectivity index (χ3n) is 6.94. The molecule has 4 aromatic rings. The number of aromatic amines is 1. The van der Waals surface area contributed by atoms with Gasteiger partial charge in [-0.05, 0) is 48.3 Å². The van der Waals surface area contributed by atoms with Crippen LogP contribution < -0.4 is 10.1 Å². The lowest BCUT2D eigenvalue weighted by Crippen LogP contribution is -2.34. The van der Waals surface area contributed by atoms with Gasteiger partial charge in [-0.1, -0.05) is 34.6 Å². The largest absolute Gasteiger partial charge is 0.493 e. The monoisotopic (exact) mass is 460 g/mol. The molecule has 2 atom stereocenters. The average Bonchev–Trinajstić information content (AvgIpc) is 3.53. The van der Waals surface area contributed by atoms with Gasteiger partial charge in [-0.3, -0.25) is 4.98 Å². The van der Waals surface area contributed by atoms with Crippen molar-refractivity contribution in [1.82, 2.24) is 29.9 Å². The van der Waals surface area contributed by atoms with Gasteiger partial charge in [0.2, 0.25) is 0 Å². The van der Waals surface area contributed by atoms with Crippen LogP contribution in [0.3, 0.4) is 0 Å². The van der Waals surface area contributed by atoms with Gasteiger partial charge >= 0.3 is 0 Å². The van der Waals surface area contributed by atoms with Crippen LogP contribution in [-0.2, 0) is 0 Å². The SMILES string of the molecule is COc1cc(-c2[nH]c3cnc(C4CCC(NCC(C)(C)C)C4)cc3c2C(C)C)cn2ncnc12. The lowest BCUT2D eigenvalue weighted by molar-refractivity contribution is 0.350. The lowest BCUT2D eigenvalue weighted by Gasteiger charge is -2.22. The number of H-pyrrole nitrogens is 1. The highest BCUT2D eigenvalue weighted by Crippen LogP contribution is 2.40. The van der Waals surface area contributed by atoms with E-state index in [0.29, 0.717) is 34.7 Å². The number of ether oxygens (including phenoxy) is 1. The molecule has 5 rings (SSSR count). The Kier molecular flexibility index (Phi) is 5.84. The third kappa shape index (κ3) is 4.29. The first-order chi connectivity index (χ1) is 16.2. The summed E-state index contributed by atoms with van der Waals surface area (Å²) in [5, 5.41) is 9.38. The van der Waals surface area contributed by atoms with Crippen molar-refractivity contribution in [2.24, 2.45) is 5.41 Å². The number of pyridine rings is 2. The summed E-state index contributed by atoms with van der Waals surface area (Å²) in [6, 6.07) is 4.94. The van der Waals surface area contributed by atoms with Crippen molar-refractivity contribution in [1.29, 1.82) is 0 Å². The van der Waals surface area contributed by atoms with E-state index in [9.17, 15) is 0 Å². The van der Waals surface area contributed by atoms with Gasteiger partial charge in [0, 0.05) is 41.3 Å². The zero-order valence-corrected chi connectivity index (χ0v) is 21.1. The van der Waals surface area contributed by atoms with Crippen molar-refractivity contribution < 1.29 is 4.74 Å². The van der Waals surface area contributed by atoms with Crippen LogP contribution in [0.5, 0.6) is 5.75 Å². The predicted octanol–water partition coefficient (Wildman–Crippen LogP) is 5.68. The number of aromatic nitrogens is 5. The topological polar surface area (TPSA) is 80.1 Å². The van der Waals surface area contributed by atoms with Crippen molar-refractivity contribution in [3.05, 3.63) is 42.1 Å². The van der Waals surface area contributed by atoms with Crippen LogP contribution in [0, 0.1) is 5.41 Å². The molecule has 1 aliphatic carbocycles. The number of hydrogen-bond acceptors (Lipinski definition) is 5. The number of nitrogens with zero attached hydrogens (tertiary/aromatic N) is 4. The summed E-state index contributed by atoms with van der Waals surface area (Å²) in [6.07, 6.45) is 9.14. The van der Waals surface area contributed by atoms with E-state index in [4.69, 9.17) is 9.72 Å². The Balaban J connectivity index is 1.50. The van der Waals surface area contributed by atoms with Crippen molar-refractivity contribution >= 4 is 16.6 Å². The van der Waals surface area contributed by atoms with E-state index in [2.05, 4.69) is 61.1 Å². The normalized spacial score (nSPS) is 19.0. The molecule has 0 aliphatic heterocycles. The van der Waals surface area contributed by atoms with Crippen LogP contribution in [0.25, 0.3) is 27.8 Å². The zero-order chi connectivity index (χ0) is 24.0. The second kappa shape index (κ2) is 8.69. The molecule has 7 heteroatoms. The molecule has 180 valence electrons. The van der Waals surface area contributed by atoms with E-state index in [1.54, 1.807) is 18.0 Å². The maximum Gasteiger partial charge on any atom is 0.197 e. The van der Waals surface area contributed by atoms with Crippen LogP contribution in [0.1, 0.15) is 77.0 Å². The first-order valence-electron chi connectivity index (χ1n) is 12.4. The minimum Gasteiger partial charge on any atom is -0.493 e. The van der Waals surface area contributed by atoms with Crippen molar-refractivity contribution in [3.8, 4) is 17.0 Å². The number of hydrogen-bond donors (Lipinski definition) is 2. The fraction of sp³-hybridized carbons (Fsp3) is 0.519. The Morgan fingerprint density at radius 2 is 2.03 bits per heavy atom. The van der Waals surface area contributed by atoms with Crippen LogP contribution >= 0.6 is 0 Å². The Hall–Kier alpha value is -2.93. The van der Waals surface area contributed by atoms with Gasteiger partial charge in [-0.2, -0.15) is 5.10 Å². The molecule has 2 unspecified atom stereocenters. The van der Waals surface area contributed by atoms with Gasteiger partial charge in [0.15, 0.2) is 11.4 Å². The summed E-state index contributed by atoms with van der Waals surface area (Å²) in [4.78, 5) is 12.9. The van der Waals surface area contributed by atoms with E-state index >= 15 is 0 Å². The van der Waals surface area contributed by atoms with Crippen molar-refractivity contribution in [2.75, 3.05) is 13.7 Å². The van der Waals surface area contributed by atoms with Gasteiger partial charge in [0.05, 0.1) is 24.5 Å². The maximum absolute atomic E-state index is 5.60. The number of fused-ring (bicyclic) bond motifs is 2. The molecule has 1 fully saturated rings. The molecule has 0 amide bonds. The summed E-state index contributed by atoms with van der Waals surface area (Å²) in [7, 11) is 1.67. The van der Waals surface area contributed by atoms with Gasteiger partial charge in [0.25, 0.3) is 0 Å². The standard InChI is InChI=1S/C27H36N6O/c1-16(2)24-20-11-21(17-7-8-19(9-17)29-14-27(3,4)5)28-12-22(20)32-25(24)18-10-23(34-6)26-30-15-31-33(26)13-18/h10-13,15-17,19,29,32H,7-9,14H2,1-6H3. The van der Waals surface area contributed by atoms with Gasteiger partial charge in [-0.25, -0.2) is 9.50 Å². The predicted molar refractivity (Wildman–Crippen MR) is 137 cm³/mol. The van der Waals surface area contributed by atoms with Crippen LogP contribution in [0.2, 0.25) is 0 Å². The lowest BCUT2D eigenvalue weighted by atomic mass is 9.94. The highest BCUT2D eigenvalue weighted by Gasteiger charge is 2.28. The van der Waals surface area contributed by atoms with E-state index in [1.807, 2.05) is 18.5 Å².